The zero-order valence-electron chi connectivity index (χ0n) is 11.5. The number of carbonyl (C=O) groups is 1. The maximum atomic E-state index is 10.2. The van der Waals surface area contributed by atoms with Crippen molar-refractivity contribution in [3.05, 3.63) is 35.5 Å². The number of nitrogens with zero attached hydrogens (tertiary/aromatic N) is 1. The van der Waals surface area contributed by atoms with Crippen LogP contribution in [0.25, 0.3) is 10.9 Å². The van der Waals surface area contributed by atoms with Crippen molar-refractivity contribution < 1.29 is 4.79 Å². The lowest BCUT2D eigenvalue weighted by molar-refractivity contribution is -0.109. The van der Waals surface area contributed by atoms with Crippen molar-refractivity contribution in [2.24, 2.45) is 0 Å². The highest BCUT2D eigenvalue weighted by Crippen LogP contribution is 2.33. The summed E-state index contributed by atoms with van der Waals surface area (Å²) in [6.07, 6.45) is 5.06. The summed E-state index contributed by atoms with van der Waals surface area (Å²) < 4.78 is 0. The third-order valence-electron chi connectivity index (χ3n) is 3.80. The molecule has 4 heteroatoms. The van der Waals surface area contributed by atoms with Crippen LogP contribution in [0.3, 0.4) is 0 Å². The van der Waals surface area contributed by atoms with Crippen LogP contribution < -0.4 is 10.6 Å². The molecule has 0 unspecified atom stereocenters. The molecule has 0 saturated heterocycles. The molecule has 3 rings (SSSR count). The van der Waals surface area contributed by atoms with Crippen molar-refractivity contribution in [3.63, 3.8) is 0 Å². The summed E-state index contributed by atoms with van der Waals surface area (Å²) in [5.74, 6) is 0. The Labute approximate surface area is 118 Å². The van der Waals surface area contributed by atoms with Gasteiger partial charge in [0.1, 0.15) is 0 Å². The number of para-hydroxylation sites is 1. The second-order valence-electron chi connectivity index (χ2n) is 5.14. The Bertz CT molecular complexity index is 624. The van der Waals surface area contributed by atoms with Crippen molar-refractivity contribution in [3.8, 4) is 0 Å². The minimum atomic E-state index is 0.710. The molecule has 2 aromatic rings. The zero-order chi connectivity index (χ0) is 13.8. The average molecular weight is 269 g/mol. The Morgan fingerprint density at radius 2 is 2.10 bits per heavy atom. The molecule has 1 aliphatic rings. The van der Waals surface area contributed by atoms with E-state index in [9.17, 15) is 4.79 Å². The van der Waals surface area contributed by atoms with Crippen LogP contribution in [-0.2, 0) is 17.6 Å². The van der Waals surface area contributed by atoms with E-state index in [0.29, 0.717) is 6.54 Å². The third-order valence-corrected chi connectivity index (χ3v) is 3.80. The lowest BCUT2D eigenvalue weighted by atomic mass is 10.1. The van der Waals surface area contributed by atoms with Gasteiger partial charge in [-0.3, -0.25) is 9.78 Å². The number of pyridine rings is 1. The molecule has 1 heterocycles. The third kappa shape index (κ3) is 2.46. The summed E-state index contributed by atoms with van der Waals surface area (Å²) in [5, 5.41) is 7.45. The quantitative estimate of drug-likeness (QED) is 0.625. The second kappa shape index (κ2) is 5.90. The molecule has 0 spiro atoms. The Balaban J connectivity index is 1.86. The van der Waals surface area contributed by atoms with Gasteiger partial charge in [0.05, 0.1) is 5.52 Å². The molecule has 0 radical (unpaired) electrons. The van der Waals surface area contributed by atoms with E-state index in [1.807, 2.05) is 6.07 Å². The number of anilines is 1. The van der Waals surface area contributed by atoms with Gasteiger partial charge in [0, 0.05) is 29.9 Å². The van der Waals surface area contributed by atoms with Gasteiger partial charge >= 0.3 is 0 Å². The van der Waals surface area contributed by atoms with Gasteiger partial charge in [-0.15, -0.1) is 0 Å². The fraction of sp³-hybridized carbons (Fsp3) is 0.375. The van der Waals surface area contributed by atoms with Gasteiger partial charge in [0.25, 0.3) is 0 Å². The highest BCUT2D eigenvalue weighted by atomic mass is 16.1. The summed E-state index contributed by atoms with van der Waals surface area (Å²) in [7, 11) is 0. The van der Waals surface area contributed by atoms with Gasteiger partial charge in [-0.1, -0.05) is 18.2 Å². The van der Waals surface area contributed by atoms with Crippen molar-refractivity contribution in [2.75, 3.05) is 18.4 Å². The summed E-state index contributed by atoms with van der Waals surface area (Å²) in [6, 6.07) is 8.30. The molecule has 0 aliphatic heterocycles. The number of hydrogen-bond donors (Lipinski definition) is 2. The predicted octanol–water partition coefficient (Wildman–Crippen LogP) is 2.27. The Morgan fingerprint density at radius 1 is 1.20 bits per heavy atom. The Hall–Kier alpha value is -2.10. The Morgan fingerprint density at radius 3 is 3.00 bits per heavy atom. The van der Waals surface area contributed by atoms with Gasteiger partial charge in [0.2, 0.25) is 6.41 Å². The van der Waals surface area contributed by atoms with Gasteiger partial charge in [0.15, 0.2) is 0 Å². The van der Waals surface area contributed by atoms with Gasteiger partial charge in [-0.2, -0.15) is 0 Å². The smallest absolute Gasteiger partial charge is 0.207 e. The molecule has 0 fully saturated rings. The van der Waals surface area contributed by atoms with Gasteiger partial charge in [-0.25, -0.2) is 0 Å². The molecule has 4 nitrogen and oxygen atoms in total. The minimum Gasteiger partial charge on any atom is -0.384 e. The van der Waals surface area contributed by atoms with Crippen LogP contribution in [0.5, 0.6) is 0 Å². The predicted molar refractivity (Wildman–Crippen MR) is 80.9 cm³/mol. The van der Waals surface area contributed by atoms with Crippen molar-refractivity contribution in [1.29, 1.82) is 0 Å². The van der Waals surface area contributed by atoms with E-state index in [1.165, 1.54) is 28.8 Å². The van der Waals surface area contributed by atoms with Crippen LogP contribution in [-0.4, -0.2) is 24.5 Å². The highest BCUT2D eigenvalue weighted by molar-refractivity contribution is 5.93. The first-order chi connectivity index (χ1) is 9.90. The van der Waals surface area contributed by atoms with E-state index < -0.39 is 0 Å². The van der Waals surface area contributed by atoms with Crippen molar-refractivity contribution in [1.82, 2.24) is 10.3 Å². The van der Waals surface area contributed by atoms with Crippen LogP contribution in [0.1, 0.15) is 24.1 Å². The molecular weight excluding hydrogens is 250 g/mol. The molecule has 1 amide bonds. The molecular formula is C16H19N3O. The average Bonchev–Trinajstić information content (AvgIpc) is 2.94. The molecule has 0 saturated carbocycles. The van der Waals surface area contributed by atoms with E-state index >= 15 is 0 Å². The molecule has 0 atom stereocenters. The Kier molecular flexibility index (Phi) is 3.81. The zero-order valence-corrected chi connectivity index (χ0v) is 11.5. The fourth-order valence-electron chi connectivity index (χ4n) is 2.88. The highest BCUT2D eigenvalue weighted by Gasteiger charge is 2.18. The number of aromatic nitrogens is 1. The lowest BCUT2D eigenvalue weighted by Gasteiger charge is -2.14. The second-order valence-corrected chi connectivity index (χ2v) is 5.14. The van der Waals surface area contributed by atoms with Crippen molar-refractivity contribution >= 4 is 23.0 Å². The molecule has 2 N–H and O–H groups in total. The lowest BCUT2D eigenvalue weighted by Crippen LogP contribution is -2.16. The molecule has 1 aliphatic carbocycles. The molecule has 0 bridgehead atoms. The van der Waals surface area contributed by atoms with E-state index in [4.69, 9.17) is 4.98 Å². The number of carbonyl (C=O) groups excluding carboxylic acids is 1. The maximum Gasteiger partial charge on any atom is 0.207 e. The molecule has 1 aromatic heterocycles. The van der Waals surface area contributed by atoms with E-state index in [1.54, 1.807) is 0 Å². The van der Waals surface area contributed by atoms with Crippen LogP contribution in [0.4, 0.5) is 5.69 Å². The maximum absolute atomic E-state index is 10.2. The summed E-state index contributed by atoms with van der Waals surface area (Å²) in [5.41, 5.74) is 4.94. The number of fused-ring (bicyclic) bond motifs is 2. The summed E-state index contributed by atoms with van der Waals surface area (Å²) in [6.45, 7) is 1.57. The van der Waals surface area contributed by atoms with Crippen molar-refractivity contribution in [2.45, 2.75) is 25.7 Å². The molecule has 20 heavy (non-hydrogen) atoms. The standard InChI is InChI=1S/C16H19N3O/c20-11-17-9-4-10-18-16-12-5-1-2-7-14(12)19-15-8-3-6-13(15)16/h1-2,5,7,11H,3-4,6,8-10H2,(H,17,20)(H,18,19). The number of rotatable bonds is 6. The van der Waals surface area contributed by atoms with Crippen LogP contribution in [0.15, 0.2) is 24.3 Å². The van der Waals surface area contributed by atoms with Crippen LogP contribution >= 0.6 is 0 Å². The monoisotopic (exact) mass is 269 g/mol. The summed E-state index contributed by atoms with van der Waals surface area (Å²) in [4.78, 5) is 15.0. The van der Waals surface area contributed by atoms with Crippen LogP contribution in [0.2, 0.25) is 0 Å². The topological polar surface area (TPSA) is 54.0 Å². The first kappa shape index (κ1) is 12.9. The molecule has 1 aromatic carbocycles. The van der Waals surface area contributed by atoms with E-state index in [-0.39, 0.29) is 0 Å². The fourth-order valence-corrected chi connectivity index (χ4v) is 2.88. The number of amides is 1. The van der Waals surface area contributed by atoms with Crippen LogP contribution in [0, 0.1) is 0 Å². The SMILES string of the molecule is O=CNCCCNc1c2c(nc3ccccc13)CCC2. The number of benzene rings is 1. The molecule has 104 valence electrons. The van der Waals surface area contributed by atoms with Gasteiger partial charge in [-0.05, 0) is 37.3 Å². The number of aryl methyl sites for hydroxylation is 1. The first-order valence-corrected chi connectivity index (χ1v) is 7.21. The van der Waals surface area contributed by atoms with E-state index in [2.05, 4.69) is 28.8 Å². The largest absolute Gasteiger partial charge is 0.384 e. The minimum absolute atomic E-state index is 0.710. The van der Waals surface area contributed by atoms with E-state index in [0.717, 1.165) is 37.7 Å². The number of nitrogens with one attached hydrogen (secondary N) is 2. The first-order valence-electron chi connectivity index (χ1n) is 7.21. The number of hydrogen-bond acceptors (Lipinski definition) is 3. The van der Waals surface area contributed by atoms with Gasteiger partial charge < -0.3 is 10.6 Å². The summed E-state index contributed by atoms with van der Waals surface area (Å²) >= 11 is 0. The normalized spacial score (nSPS) is 13.2.